The van der Waals surface area contributed by atoms with Crippen LogP contribution in [0.15, 0.2) is 29.3 Å². The molecule has 1 aromatic carbocycles. The van der Waals surface area contributed by atoms with Crippen molar-refractivity contribution >= 4 is 47.5 Å². The molecule has 0 aromatic heterocycles. The molecule has 2 atom stereocenters. The summed E-state index contributed by atoms with van der Waals surface area (Å²) in [5.41, 5.74) is 1.33. The van der Waals surface area contributed by atoms with E-state index in [0.717, 1.165) is 0 Å². The lowest BCUT2D eigenvalue weighted by molar-refractivity contribution is -0.146. The third kappa shape index (κ3) is 6.41. The second kappa shape index (κ2) is 11.5. The van der Waals surface area contributed by atoms with Gasteiger partial charge in [-0.15, -0.1) is 30.4 Å². The number of likely N-dealkylation sites (tertiary alicyclic amines) is 1. The minimum absolute atomic E-state index is 0. The summed E-state index contributed by atoms with van der Waals surface area (Å²) < 4.78 is 4.87. The van der Waals surface area contributed by atoms with Crippen molar-refractivity contribution in [1.29, 1.82) is 0 Å². The van der Waals surface area contributed by atoms with E-state index in [1.54, 1.807) is 24.3 Å². The van der Waals surface area contributed by atoms with Gasteiger partial charge in [0.15, 0.2) is 5.96 Å². The predicted molar refractivity (Wildman–Crippen MR) is 121 cm³/mol. The van der Waals surface area contributed by atoms with Crippen LogP contribution < -0.4 is 10.6 Å². The minimum Gasteiger partial charge on any atom is -0.469 e. The van der Waals surface area contributed by atoms with Gasteiger partial charge in [0.2, 0.25) is 5.91 Å². The van der Waals surface area contributed by atoms with E-state index in [4.69, 9.17) is 11.2 Å². The average molecular weight is 498 g/mol. The molecule has 1 saturated heterocycles. The monoisotopic (exact) mass is 498 g/mol. The number of ether oxygens (including phenoxy) is 1. The van der Waals surface area contributed by atoms with Gasteiger partial charge in [-0.1, -0.05) is 18.9 Å². The maximum atomic E-state index is 12.2. The summed E-state index contributed by atoms with van der Waals surface area (Å²) in [6.07, 6.45) is 5.37. The molecule has 1 heterocycles. The second-order valence-corrected chi connectivity index (χ2v) is 6.46. The molecule has 0 saturated carbocycles. The van der Waals surface area contributed by atoms with Crippen LogP contribution in [0.3, 0.4) is 0 Å². The summed E-state index contributed by atoms with van der Waals surface area (Å²) in [4.78, 5) is 30.5. The summed E-state index contributed by atoms with van der Waals surface area (Å²) >= 11 is 0. The molecule has 28 heavy (non-hydrogen) atoms. The number of hydrogen-bond acceptors (Lipinski definition) is 4. The van der Waals surface area contributed by atoms with Crippen LogP contribution in [-0.2, 0) is 14.3 Å². The van der Waals surface area contributed by atoms with Gasteiger partial charge in [0.05, 0.1) is 13.0 Å². The van der Waals surface area contributed by atoms with E-state index in [-0.39, 0.29) is 54.2 Å². The number of hydrogen-bond donors (Lipinski definition) is 2. The molecule has 0 bridgehead atoms. The van der Waals surface area contributed by atoms with E-state index in [0.29, 0.717) is 36.8 Å². The van der Waals surface area contributed by atoms with Gasteiger partial charge in [-0.05, 0) is 31.0 Å². The van der Waals surface area contributed by atoms with Crippen molar-refractivity contribution in [3.05, 3.63) is 29.8 Å². The van der Waals surface area contributed by atoms with Crippen LogP contribution in [0.2, 0.25) is 0 Å². The summed E-state index contributed by atoms with van der Waals surface area (Å²) in [6, 6.07) is 7.09. The molecule has 0 aliphatic carbocycles. The number of terminal acetylenes is 1. The fourth-order valence-corrected chi connectivity index (χ4v) is 3.06. The number of esters is 1. The molecule has 7 nitrogen and oxygen atoms in total. The van der Waals surface area contributed by atoms with Crippen LogP contribution in [0.5, 0.6) is 0 Å². The third-order valence-electron chi connectivity index (χ3n) is 4.44. The Morgan fingerprint density at radius 3 is 2.79 bits per heavy atom. The Labute approximate surface area is 183 Å². The number of anilines is 1. The zero-order chi connectivity index (χ0) is 19.8. The Morgan fingerprint density at radius 1 is 1.39 bits per heavy atom. The molecule has 1 fully saturated rings. The highest BCUT2D eigenvalue weighted by Gasteiger charge is 2.36. The lowest BCUT2D eigenvalue weighted by atomic mass is 9.99. The summed E-state index contributed by atoms with van der Waals surface area (Å²) in [7, 11) is 1.40. The van der Waals surface area contributed by atoms with E-state index in [2.05, 4.69) is 21.5 Å². The topological polar surface area (TPSA) is 83.0 Å². The molecule has 1 aliphatic heterocycles. The normalized spacial score (nSPS) is 18.6. The molecule has 0 spiro atoms. The van der Waals surface area contributed by atoms with E-state index in [1.807, 2.05) is 18.7 Å². The molecule has 1 aliphatic rings. The number of nitrogens with one attached hydrogen (secondary N) is 2. The van der Waals surface area contributed by atoms with Crippen molar-refractivity contribution in [3.8, 4) is 12.3 Å². The maximum absolute atomic E-state index is 12.2. The molecule has 2 N–H and O–H groups in total. The average Bonchev–Trinajstić information content (AvgIpc) is 3.06. The van der Waals surface area contributed by atoms with Crippen LogP contribution in [-0.4, -0.2) is 56.0 Å². The van der Waals surface area contributed by atoms with Crippen LogP contribution >= 0.6 is 24.0 Å². The van der Waals surface area contributed by atoms with E-state index in [1.165, 1.54) is 7.11 Å². The Bertz CT molecular complexity index is 760. The zero-order valence-corrected chi connectivity index (χ0v) is 18.7. The molecule has 1 amide bonds. The summed E-state index contributed by atoms with van der Waals surface area (Å²) in [5, 5.41) is 5.96. The van der Waals surface area contributed by atoms with Gasteiger partial charge in [0.1, 0.15) is 6.54 Å². The Kier molecular flexibility index (Phi) is 9.79. The number of guanidine groups is 1. The smallest absolute Gasteiger partial charge is 0.310 e. The van der Waals surface area contributed by atoms with Crippen LogP contribution in [0.1, 0.15) is 19.4 Å². The van der Waals surface area contributed by atoms with Gasteiger partial charge in [0.25, 0.3) is 0 Å². The van der Waals surface area contributed by atoms with Gasteiger partial charge < -0.3 is 20.3 Å². The Balaban J connectivity index is 0.00000392. The van der Waals surface area contributed by atoms with Crippen molar-refractivity contribution in [3.63, 3.8) is 0 Å². The van der Waals surface area contributed by atoms with Crippen molar-refractivity contribution in [2.75, 3.05) is 38.6 Å². The highest BCUT2D eigenvalue weighted by Crippen LogP contribution is 2.24. The number of carbonyl (C=O) groups excluding carboxylic acids is 2. The largest absolute Gasteiger partial charge is 0.469 e. The first kappa shape index (κ1) is 23.8. The minimum atomic E-state index is -0.240. The van der Waals surface area contributed by atoms with Gasteiger partial charge in [-0.2, -0.15) is 0 Å². The first-order valence-electron chi connectivity index (χ1n) is 8.96. The van der Waals surface area contributed by atoms with Crippen LogP contribution in [0.25, 0.3) is 0 Å². The van der Waals surface area contributed by atoms with Gasteiger partial charge in [-0.25, -0.2) is 4.99 Å². The van der Waals surface area contributed by atoms with Crippen molar-refractivity contribution < 1.29 is 14.3 Å². The molecular formula is C20H27IN4O3. The zero-order valence-electron chi connectivity index (χ0n) is 16.4. The van der Waals surface area contributed by atoms with Gasteiger partial charge in [-0.3, -0.25) is 9.59 Å². The van der Waals surface area contributed by atoms with Crippen LogP contribution in [0.4, 0.5) is 5.69 Å². The lowest BCUT2D eigenvalue weighted by Crippen LogP contribution is -2.41. The standard InChI is InChI=1S/C20H26N4O3.HI/c1-5-15-8-7-9-16(10-15)23-18(25)11-22-20(21-6-2)24-12-14(3)17(13-24)19(26)27-4;/h1,7-10,14,17H,6,11-13H2,2-4H3,(H,21,22)(H,23,25);1H. The molecule has 8 heteroatoms. The molecule has 2 rings (SSSR count). The lowest BCUT2D eigenvalue weighted by Gasteiger charge is -2.21. The van der Waals surface area contributed by atoms with Crippen LogP contribution in [0, 0.1) is 24.2 Å². The molecule has 0 radical (unpaired) electrons. The SMILES string of the molecule is C#Cc1cccc(NC(=O)CN=C(NCC)N2CC(C)C(C(=O)OC)C2)c1.I. The fraction of sp³-hybridized carbons (Fsp3) is 0.450. The fourth-order valence-electron chi connectivity index (χ4n) is 3.06. The highest BCUT2D eigenvalue weighted by atomic mass is 127. The van der Waals surface area contributed by atoms with E-state index in [9.17, 15) is 9.59 Å². The van der Waals surface area contributed by atoms with Gasteiger partial charge >= 0.3 is 5.97 Å². The number of methoxy groups -OCH3 is 1. The number of rotatable bonds is 5. The molecule has 1 aromatic rings. The van der Waals surface area contributed by atoms with Crippen molar-refractivity contribution in [1.82, 2.24) is 10.2 Å². The maximum Gasteiger partial charge on any atom is 0.310 e. The Morgan fingerprint density at radius 2 is 2.14 bits per heavy atom. The highest BCUT2D eigenvalue weighted by molar-refractivity contribution is 14.0. The van der Waals surface area contributed by atoms with E-state index < -0.39 is 0 Å². The number of halogens is 1. The molecule has 2 unspecified atom stereocenters. The quantitative estimate of drug-likeness (QED) is 0.213. The Hall–Kier alpha value is -2.28. The first-order chi connectivity index (χ1) is 13.0. The van der Waals surface area contributed by atoms with Crippen molar-refractivity contribution in [2.45, 2.75) is 13.8 Å². The molecule has 152 valence electrons. The number of nitrogens with zero attached hydrogens (tertiary/aromatic N) is 2. The third-order valence-corrected chi connectivity index (χ3v) is 4.44. The second-order valence-electron chi connectivity index (χ2n) is 6.46. The number of benzene rings is 1. The predicted octanol–water partition coefficient (Wildman–Crippen LogP) is 1.93. The summed E-state index contributed by atoms with van der Waals surface area (Å²) in [5.74, 6) is 2.65. The number of amides is 1. The van der Waals surface area contributed by atoms with E-state index >= 15 is 0 Å². The molecular weight excluding hydrogens is 471 g/mol. The summed E-state index contributed by atoms with van der Waals surface area (Å²) in [6.45, 7) is 5.80. The number of aliphatic imine (C=N–C) groups is 1. The first-order valence-corrected chi connectivity index (χ1v) is 8.96. The van der Waals surface area contributed by atoms with Gasteiger partial charge in [0, 0.05) is 30.9 Å². The number of carbonyl (C=O) groups is 2. The van der Waals surface area contributed by atoms with Crippen molar-refractivity contribution in [2.24, 2.45) is 16.8 Å².